The van der Waals surface area contributed by atoms with Crippen LogP contribution in [0.3, 0.4) is 0 Å². The van der Waals surface area contributed by atoms with Gasteiger partial charge < -0.3 is 14.8 Å². The summed E-state index contributed by atoms with van der Waals surface area (Å²) in [4.78, 5) is 11.3. The Bertz CT molecular complexity index is 290. The molecule has 4 nitrogen and oxygen atoms in total. The van der Waals surface area contributed by atoms with E-state index in [4.69, 9.17) is 9.47 Å². The van der Waals surface area contributed by atoms with E-state index in [1.165, 1.54) is 0 Å². The molecule has 0 radical (unpaired) electrons. The number of rotatable bonds is 2. The lowest BCUT2D eigenvalue weighted by Gasteiger charge is -2.37. The number of hydrogen-bond donors (Lipinski definition) is 1. The van der Waals surface area contributed by atoms with Crippen LogP contribution in [0.1, 0.15) is 25.7 Å². The van der Waals surface area contributed by atoms with Crippen LogP contribution in [0.4, 0.5) is 0 Å². The first kappa shape index (κ1) is 10.5. The van der Waals surface area contributed by atoms with Gasteiger partial charge in [-0.2, -0.15) is 0 Å². The topological polar surface area (TPSA) is 47.6 Å². The van der Waals surface area contributed by atoms with E-state index in [0.717, 1.165) is 31.4 Å². The minimum Gasteiger partial charge on any atom is -0.498 e. The molecule has 0 saturated heterocycles. The van der Waals surface area contributed by atoms with Crippen LogP contribution >= 0.6 is 0 Å². The van der Waals surface area contributed by atoms with Gasteiger partial charge in [0.15, 0.2) is 0 Å². The molecular formula is C11H17NO3. The Kier molecular flexibility index (Phi) is 2.69. The summed E-state index contributed by atoms with van der Waals surface area (Å²) < 4.78 is 10.6. The van der Waals surface area contributed by atoms with Crippen LogP contribution in [-0.2, 0) is 14.3 Å². The fourth-order valence-corrected chi connectivity index (χ4v) is 2.54. The van der Waals surface area contributed by atoms with Gasteiger partial charge >= 0.3 is 0 Å². The maximum absolute atomic E-state index is 11.3. The maximum Gasteiger partial charge on any atom is 0.248 e. The van der Waals surface area contributed by atoms with Crippen molar-refractivity contribution in [3.05, 3.63) is 11.8 Å². The summed E-state index contributed by atoms with van der Waals surface area (Å²) in [6.07, 6.45) is 5.63. The standard InChI is InChI=1S/C11H17NO3/c1-14-8-3-5-11(6-4-8)9(15-2)7-10(13)12-11/h7-8H,3-6H2,1-2H3,(H,12,13). The van der Waals surface area contributed by atoms with Crippen LogP contribution in [0.15, 0.2) is 11.8 Å². The van der Waals surface area contributed by atoms with Crippen molar-refractivity contribution in [1.29, 1.82) is 0 Å². The molecule has 1 aliphatic carbocycles. The zero-order valence-corrected chi connectivity index (χ0v) is 9.21. The Labute approximate surface area is 89.6 Å². The highest BCUT2D eigenvalue weighted by Crippen LogP contribution is 2.38. The van der Waals surface area contributed by atoms with Crippen LogP contribution < -0.4 is 5.32 Å². The summed E-state index contributed by atoms with van der Waals surface area (Å²) in [5.41, 5.74) is -0.249. The van der Waals surface area contributed by atoms with Crippen molar-refractivity contribution in [2.45, 2.75) is 37.3 Å². The van der Waals surface area contributed by atoms with Crippen LogP contribution in [0.5, 0.6) is 0 Å². The fraction of sp³-hybridized carbons (Fsp3) is 0.727. The van der Waals surface area contributed by atoms with Crippen LogP contribution in [0.25, 0.3) is 0 Å². The first-order valence-corrected chi connectivity index (χ1v) is 5.31. The van der Waals surface area contributed by atoms with Crippen molar-refractivity contribution < 1.29 is 14.3 Å². The summed E-state index contributed by atoms with van der Waals surface area (Å²) in [5, 5.41) is 3.00. The number of carbonyl (C=O) groups excluding carboxylic acids is 1. The molecule has 2 rings (SSSR count). The molecule has 1 N–H and O–H groups in total. The average Bonchev–Trinajstić information content (AvgIpc) is 2.56. The SMILES string of the molecule is COC1=CC(=O)NC12CCC(OC)CC2. The molecule has 15 heavy (non-hydrogen) atoms. The predicted molar refractivity (Wildman–Crippen MR) is 55.2 cm³/mol. The Hall–Kier alpha value is -1.03. The van der Waals surface area contributed by atoms with Gasteiger partial charge in [0.1, 0.15) is 5.76 Å². The fourth-order valence-electron chi connectivity index (χ4n) is 2.54. The summed E-state index contributed by atoms with van der Waals surface area (Å²) in [7, 11) is 3.36. The number of nitrogens with one attached hydrogen (secondary N) is 1. The Morgan fingerprint density at radius 3 is 2.60 bits per heavy atom. The lowest BCUT2D eigenvalue weighted by atomic mass is 9.80. The van der Waals surface area contributed by atoms with Crippen molar-refractivity contribution in [2.75, 3.05) is 14.2 Å². The Morgan fingerprint density at radius 2 is 2.07 bits per heavy atom. The van der Waals surface area contributed by atoms with Gasteiger partial charge in [-0.25, -0.2) is 0 Å². The minimum absolute atomic E-state index is 0.0392. The molecule has 1 amide bonds. The van der Waals surface area contributed by atoms with Crippen LogP contribution in [-0.4, -0.2) is 31.8 Å². The molecule has 1 fully saturated rings. The maximum atomic E-state index is 11.3. The van der Waals surface area contributed by atoms with Gasteiger partial charge in [-0.05, 0) is 25.7 Å². The first-order valence-electron chi connectivity index (χ1n) is 5.31. The first-order chi connectivity index (χ1) is 7.20. The summed E-state index contributed by atoms with van der Waals surface area (Å²) in [6, 6.07) is 0. The summed E-state index contributed by atoms with van der Waals surface area (Å²) in [6.45, 7) is 0. The van der Waals surface area contributed by atoms with Crippen LogP contribution in [0.2, 0.25) is 0 Å². The van der Waals surface area contributed by atoms with E-state index >= 15 is 0 Å². The smallest absolute Gasteiger partial charge is 0.248 e. The highest BCUT2D eigenvalue weighted by molar-refractivity contribution is 5.92. The number of methoxy groups -OCH3 is 2. The van der Waals surface area contributed by atoms with Crippen molar-refractivity contribution in [3.8, 4) is 0 Å². The highest BCUT2D eigenvalue weighted by atomic mass is 16.5. The second kappa shape index (κ2) is 3.85. The van der Waals surface area contributed by atoms with Crippen molar-refractivity contribution in [2.24, 2.45) is 0 Å². The van der Waals surface area contributed by atoms with Gasteiger partial charge in [-0.1, -0.05) is 0 Å². The van der Waals surface area contributed by atoms with Crippen LogP contribution in [0, 0.1) is 0 Å². The molecule has 1 saturated carbocycles. The minimum atomic E-state index is -0.249. The molecule has 0 unspecified atom stereocenters. The summed E-state index contributed by atoms with van der Waals surface area (Å²) >= 11 is 0. The van der Waals surface area contributed by atoms with E-state index in [0.29, 0.717) is 6.10 Å². The molecule has 1 heterocycles. The lowest BCUT2D eigenvalue weighted by Crippen LogP contribution is -2.48. The second-order valence-corrected chi connectivity index (χ2v) is 4.22. The van der Waals surface area contributed by atoms with E-state index < -0.39 is 0 Å². The molecule has 0 aromatic heterocycles. The van der Waals surface area contributed by atoms with Gasteiger partial charge in [0, 0.05) is 13.2 Å². The highest BCUT2D eigenvalue weighted by Gasteiger charge is 2.44. The average molecular weight is 211 g/mol. The second-order valence-electron chi connectivity index (χ2n) is 4.22. The van der Waals surface area contributed by atoms with E-state index in [2.05, 4.69) is 5.32 Å². The third kappa shape index (κ3) is 1.74. The third-order valence-corrected chi connectivity index (χ3v) is 3.44. The lowest BCUT2D eigenvalue weighted by molar-refractivity contribution is -0.117. The monoisotopic (exact) mass is 211 g/mol. The van der Waals surface area contributed by atoms with Gasteiger partial charge in [0.2, 0.25) is 5.91 Å². The Morgan fingerprint density at radius 1 is 1.40 bits per heavy atom. The van der Waals surface area contributed by atoms with Crippen molar-refractivity contribution in [3.63, 3.8) is 0 Å². The molecule has 84 valence electrons. The molecule has 0 aromatic rings. The number of carbonyl (C=O) groups is 1. The molecule has 2 aliphatic rings. The van der Waals surface area contributed by atoms with Crippen molar-refractivity contribution >= 4 is 5.91 Å². The van der Waals surface area contributed by atoms with Gasteiger partial charge in [0.25, 0.3) is 0 Å². The molecule has 0 atom stereocenters. The number of hydrogen-bond acceptors (Lipinski definition) is 3. The molecule has 1 spiro atoms. The van der Waals surface area contributed by atoms with Gasteiger partial charge in [-0.15, -0.1) is 0 Å². The molecule has 0 aromatic carbocycles. The van der Waals surface area contributed by atoms with E-state index in [-0.39, 0.29) is 11.4 Å². The normalized spacial score (nSPS) is 35.2. The van der Waals surface area contributed by atoms with Gasteiger partial charge in [0.05, 0.1) is 18.8 Å². The van der Waals surface area contributed by atoms with Gasteiger partial charge in [-0.3, -0.25) is 4.79 Å². The molecule has 0 bridgehead atoms. The van der Waals surface area contributed by atoms with E-state index in [1.807, 2.05) is 0 Å². The number of ether oxygens (including phenoxy) is 2. The molecule has 1 aliphatic heterocycles. The summed E-state index contributed by atoms with van der Waals surface area (Å²) in [5.74, 6) is 0.741. The van der Waals surface area contributed by atoms with E-state index in [1.54, 1.807) is 20.3 Å². The van der Waals surface area contributed by atoms with Crippen molar-refractivity contribution in [1.82, 2.24) is 5.32 Å². The Balaban J connectivity index is 2.09. The molecule has 4 heteroatoms. The largest absolute Gasteiger partial charge is 0.498 e. The zero-order chi connectivity index (χ0) is 10.9. The molecular weight excluding hydrogens is 194 g/mol. The van der Waals surface area contributed by atoms with E-state index in [9.17, 15) is 4.79 Å². The quantitative estimate of drug-likeness (QED) is 0.740. The zero-order valence-electron chi connectivity index (χ0n) is 9.21. The number of amides is 1. The predicted octanol–water partition coefficient (Wildman–Crippen LogP) is 0.974. The third-order valence-electron chi connectivity index (χ3n) is 3.44.